The van der Waals surface area contributed by atoms with Crippen LogP contribution in [0.2, 0.25) is 0 Å². The van der Waals surface area contributed by atoms with E-state index in [0.717, 1.165) is 6.07 Å². The Balaban J connectivity index is 2.04. The van der Waals surface area contributed by atoms with Gasteiger partial charge in [-0.05, 0) is 27.8 Å². The van der Waals surface area contributed by atoms with E-state index in [4.69, 9.17) is 6.42 Å². The number of hydrogen-bond acceptors (Lipinski definition) is 9. The molecule has 3 heterocycles. The second kappa shape index (κ2) is 8.11. The number of terminal acetylenes is 1. The Morgan fingerprint density at radius 1 is 1.27 bits per heavy atom. The molecule has 0 unspecified atom stereocenters. The summed E-state index contributed by atoms with van der Waals surface area (Å²) in [5.41, 5.74) is -1.37. The first-order valence-electron chi connectivity index (χ1n) is 8.22. The molecular formula is C15H14F3N11O. The SMILES string of the molecule is C#CCN(Cc1nnn(C)n1)c1nc(C(F)(F)F)ccc1C(=O)Nc1nnnn1C. The molecule has 0 saturated heterocycles. The first-order chi connectivity index (χ1) is 14.2. The van der Waals surface area contributed by atoms with Gasteiger partial charge in [0.15, 0.2) is 5.82 Å². The van der Waals surface area contributed by atoms with E-state index in [0.29, 0.717) is 6.07 Å². The molecule has 156 valence electrons. The van der Waals surface area contributed by atoms with Crippen molar-refractivity contribution in [1.82, 2.24) is 45.4 Å². The van der Waals surface area contributed by atoms with E-state index >= 15 is 0 Å². The Kier molecular flexibility index (Phi) is 5.58. The number of alkyl halides is 3. The number of hydrogen-bond donors (Lipinski definition) is 1. The molecule has 3 aromatic heterocycles. The van der Waals surface area contributed by atoms with Gasteiger partial charge in [0.2, 0.25) is 5.95 Å². The molecule has 1 amide bonds. The van der Waals surface area contributed by atoms with E-state index < -0.39 is 17.8 Å². The number of halogens is 3. The normalized spacial score (nSPS) is 11.2. The highest BCUT2D eigenvalue weighted by Gasteiger charge is 2.34. The summed E-state index contributed by atoms with van der Waals surface area (Å²) in [6.45, 7) is -0.295. The minimum absolute atomic E-state index is 0.00931. The molecule has 0 saturated carbocycles. The lowest BCUT2D eigenvalue weighted by Gasteiger charge is -2.23. The number of aromatic nitrogens is 9. The summed E-state index contributed by atoms with van der Waals surface area (Å²) >= 11 is 0. The van der Waals surface area contributed by atoms with Crippen LogP contribution in [0.4, 0.5) is 24.9 Å². The summed E-state index contributed by atoms with van der Waals surface area (Å²) in [7, 11) is 3.00. The molecule has 0 aliphatic carbocycles. The number of tetrazole rings is 2. The van der Waals surface area contributed by atoms with Gasteiger partial charge < -0.3 is 4.90 Å². The Hall–Kier alpha value is -4.09. The van der Waals surface area contributed by atoms with Gasteiger partial charge in [0, 0.05) is 7.05 Å². The molecule has 12 nitrogen and oxygen atoms in total. The molecule has 0 aromatic carbocycles. The number of amides is 1. The van der Waals surface area contributed by atoms with E-state index in [1.165, 1.54) is 28.5 Å². The van der Waals surface area contributed by atoms with Crippen molar-refractivity contribution >= 4 is 17.7 Å². The third-order valence-corrected chi connectivity index (χ3v) is 3.72. The fourth-order valence-electron chi connectivity index (χ4n) is 2.40. The van der Waals surface area contributed by atoms with E-state index in [1.807, 2.05) is 0 Å². The average Bonchev–Trinajstić information content (AvgIpc) is 3.28. The molecule has 0 aliphatic rings. The minimum atomic E-state index is -4.73. The molecule has 0 atom stereocenters. The minimum Gasteiger partial charge on any atom is -0.337 e. The molecule has 0 fully saturated rings. The van der Waals surface area contributed by atoms with Gasteiger partial charge in [-0.3, -0.25) is 10.1 Å². The molecule has 0 spiro atoms. The topological polar surface area (TPSA) is 132 Å². The summed E-state index contributed by atoms with van der Waals surface area (Å²) in [5, 5.41) is 24.4. The zero-order valence-corrected chi connectivity index (χ0v) is 15.7. The molecule has 0 bridgehead atoms. The molecule has 0 aliphatic heterocycles. The van der Waals surface area contributed by atoms with Crippen LogP contribution in [0.3, 0.4) is 0 Å². The standard InChI is InChI=1S/C15H14F3N11O/c1-4-7-29(8-11-21-25-28(3)23-11)12-9(5-6-10(19-12)15(16,17)18)13(30)20-14-22-24-26-27(14)2/h1,5-6H,7-8H2,2-3H3,(H,20,22,26,30). The largest absolute Gasteiger partial charge is 0.433 e. The highest BCUT2D eigenvalue weighted by atomic mass is 19.4. The van der Waals surface area contributed by atoms with Gasteiger partial charge in [-0.25, -0.2) is 9.67 Å². The quantitative estimate of drug-likeness (QED) is 0.548. The molecule has 1 N–H and O–H groups in total. The predicted molar refractivity (Wildman–Crippen MR) is 94.7 cm³/mol. The number of rotatable bonds is 6. The number of anilines is 2. The number of carbonyl (C=O) groups is 1. The summed E-state index contributed by atoms with van der Waals surface area (Å²) in [6, 6.07) is 1.69. The van der Waals surface area contributed by atoms with Crippen molar-refractivity contribution in [3.05, 3.63) is 29.2 Å². The first-order valence-corrected chi connectivity index (χ1v) is 8.22. The summed E-state index contributed by atoms with van der Waals surface area (Å²) < 4.78 is 40.9. The predicted octanol–water partition coefficient (Wildman–Crippen LogP) is 0.0395. The lowest BCUT2D eigenvalue weighted by atomic mass is 10.2. The van der Waals surface area contributed by atoms with Crippen LogP contribution in [0.5, 0.6) is 0 Å². The fraction of sp³-hybridized carbons (Fsp3) is 0.333. The smallest absolute Gasteiger partial charge is 0.337 e. The van der Waals surface area contributed by atoms with Crippen LogP contribution < -0.4 is 10.2 Å². The van der Waals surface area contributed by atoms with E-state index in [2.05, 4.69) is 47.2 Å². The van der Waals surface area contributed by atoms with Crippen LogP contribution >= 0.6 is 0 Å². The number of nitrogens with one attached hydrogen (secondary N) is 1. The maximum atomic E-state index is 13.2. The number of nitrogens with zero attached hydrogens (tertiary/aromatic N) is 10. The average molecular weight is 421 g/mol. The third kappa shape index (κ3) is 4.48. The molecule has 3 aromatic rings. The number of carbonyl (C=O) groups excluding carboxylic acids is 1. The van der Waals surface area contributed by atoms with Crippen molar-refractivity contribution < 1.29 is 18.0 Å². The van der Waals surface area contributed by atoms with Crippen molar-refractivity contribution in [2.75, 3.05) is 16.8 Å². The molecule has 30 heavy (non-hydrogen) atoms. The molecule has 3 rings (SSSR count). The van der Waals surface area contributed by atoms with Crippen LogP contribution in [0.15, 0.2) is 12.1 Å². The van der Waals surface area contributed by atoms with Gasteiger partial charge in [-0.1, -0.05) is 11.0 Å². The van der Waals surface area contributed by atoms with Gasteiger partial charge in [-0.2, -0.15) is 18.0 Å². The van der Waals surface area contributed by atoms with E-state index in [9.17, 15) is 18.0 Å². The van der Waals surface area contributed by atoms with Gasteiger partial charge in [0.1, 0.15) is 11.5 Å². The van der Waals surface area contributed by atoms with Crippen LogP contribution in [0.25, 0.3) is 0 Å². The summed E-state index contributed by atoms with van der Waals surface area (Å²) in [6.07, 6.45) is 0.639. The van der Waals surface area contributed by atoms with Crippen LogP contribution in [0, 0.1) is 12.3 Å². The van der Waals surface area contributed by atoms with Crippen LogP contribution in [-0.2, 0) is 26.8 Å². The van der Waals surface area contributed by atoms with E-state index in [1.54, 1.807) is 0 Å². The zero-order valence-electron chi connectivity index (χ0n) is 15.7. The Bertz CT molecular complexity index is 1100. The number of pyridine rings is 1. The van der Waals surface area contributed by atoms with Crippen LogP contribution in [0.1, 0.15) is 21.9 Å². The highest BCUT2D eigenvalue weighted by Crippen LogP contribution is 2.31. The monoisotopic (exact) mass is 421 g/mol. The van der Waals surface area contributed by atoms with Gasteiger partial charge in [0.05, 0.1) is 25.7 Å². The van der Waals surface area contributed by atoms with Gasteiger partial charge in [-0.15, -0.1) is 16.6 Å². The molecule has 0 radical (unpaired) electrons. The van der Waals surface area contributed by atoms with Crippen molar-refractivity contribution in [2.24, 2.45) is 14.1 Å². The summed E-state index contributed by atoms with van der Waals surface area (Å²) in [5.74, 6) is 1.41. The Morgan fingerprint density at radius 2 is 2.03 bits per heavy atom. The Morgan fingerprint density at radius 3 is 2.60 bits per heavy atom. The van der Waals surface area contributed by atoms with Crippen molar-refractivity contribution in [3.63, 3.8) is 0 Å². The summed E-state index contributed by atoms with van der Waals surface area (Å²) in [4.78, 5) is 18.8. The maximum Gasteiger partial charge on any atom is 0.433 e. The molecule has 15 heteroatoms. The highest BCUT2D eigenvalue weighted by molar-refractivity contribution is 6.06. The van der Waals surface area contributed by atoms with Crippen molar-refractivity contribution in [2.45, 2.75) is 12.7 Å². The van der Waals surface area contributed by atoms with Crippen molar-refractivity contribution in [1.29, 1.82) is 0 Å². The van der Waals surface area contributed by atoms with Gasteiger partial charge >= 0.3 is 6.18 Å². The van der Waals surface area contributed by atoms with Gasteiger partial charge in [0.25, 0.3) is 5.91 Å². The zero-order chi connectivity index (χ0) is 21.9. The lowest BCUT2D eigenvalue weighted by Crippen LogP contribution is -2.29. The second-order valence-corrected chi connectivity index (χ2v) is 5.90. The Labute approximate surface area is 167 Å². The fourth-order valence-corrected chi connectivity index (χ4v) is 2.40. The van der Waals surface area contributed by atoms with E-state index in [-0.39, 0.29) is 36.2 Å². The molecular weight excluding hydrogens is 407 g/mol. The first kappa shape index (κ1) is 20.6. The third-order valence-electron chi connectivity index (χ3n) is 3.72. The number of aryl methyl sites for hydroxylation is 2. The van der Waals surface area contributed by atoms with Crippen molar-refractivity contribution in [3.8, 4) is 12.3 Å². The van der Waals surface area contributed by atoms with Crippen LogP contribution in [-0.4, -0.2) is 57.9 Å². The maximum absolute atomic E-state index is 13.2. The second-order valence-electron chi connectivity index (χ2n) is 5.90. The lowest BCUT2D eigenvalue weighted by molar-refractivity contribution is -0.141.